The molecule has 180 valence electrons. The van der Waals surface area contributed by atoms with Gasteiger partial charge in [0.05, 0.1) is 27.0 Å². The van der Waals surface area contributed by atoms with Crippen molar-refractivity contribution in [1.82, 2.24) is 9.97 Å². The van der Waals surface area contributed by atoms with E-state index in [0.29, 0.717) is 18.4 Å². The molecule has 0 radical (unpaired) electrons. The zero-order valence-electron chi connectivity index (χ0n) is 18.1. The minimum atomic E-state index is -5.09. The van der Waals surface area contributed by atoms with Crippen LogP contribution in [0.1, 0.15) is 32.3 Å². The van der Waals surface area contributed by atoms with E-state index in [1.165, 1.54) is 32.2 Å². The Morgan fingerprint density at radius 3 is 2.47 bits per heavy atom. The summed E-state index contributed by atoms with van der Waals surface area (Å²) in [6.45, 7) is 2.49. The van der Waals surface area contributed by atoms with Crippen LogP contribution in [0.5, 0.6) is 0 Å². The minimum absolute atomic E-state index is 0.0561. The van der Waals surface area contributed by atoms with Crippen LogP contribution in [0.3, 0.4) is 0 Å². The number of hydrogen-bond donors (Lipinski definition) is 0. The highest BCUT2D eigenvalue weighted by Gasteiger charge is 2.46. The molecule has 0 amide bonds. The second-order valence-corrected chi connectivity index (χ2v) is 12.2. The van der Waals surface area contributed by atoms with E-state index in [-0.39, 0.29) is 39.9 Å². The second-order valence-electron chi connectivity index (χ2n) is 7.73. The lowest BCUT2D eigenvalue weighted by molar-refractivity contribution is -0.0403. The number of alkyl halides is 3. The third kappa shape index (κ3) is 3.84. The maximum Gasteiger partial charge on any atom is 0.483 e. The summed E-state index contributed by atoms with van der Waals surface area (Å²) in [4.78, 5) is 7.59. The Balaban J connectivity index is 1.89. The zero-order valence-corrected chi connectivity index (χ0v) is 19.7. The number of halogens is 3. The summed E-state index contributed by atoms with van der Waals surface area (Å²) in [6.07, 6.45) is 2.56. The smallest absolute Gasteiger partial charge is 0.435 e. The van der Waals surface area contributed by atoms with Crippen LogP contribution in [-0.2, 0) is 25.0 Å². The molecule has 0 aliphatic heterocycles. The van der Waals surface area contributed by atoms with Gasteiger partial charge in [0.1, 0.15) is 11.2 Å². The summed E-state index contributed by atoms with van der Waals surface area (Å²) in [5, 5.41) is 9.46. The Kier molecular flexibility index (Phi) is 5.72. The van der Waals surface area contributed by atoms with E-state index < -0.39 is 35.4 Å². The van der Waals surface area contributed by atoms with E-state index in [0.717, 1.165) is 12.1 Å². The molecular weight excluding hydrogens is 493 g/mol. The van der Waals surface area contributed by atoms with Gasteiger partial charge >= 0.3 is 5.51 Å². The lowest BCUT2D eigenvalue weighted by Gasteiger charge is -2.13. The number of sulfone groups is 1. The number of benzene rings is 1. The average Bonchev–Trinajstić information content (AvgIpc) is 3.49. The third-order valence-corrected chi connectivity index (χ3v) is 9.47. The molecule has 34 heavy (non-hydrogen) atoms. The molecule has 2 aromatic heterocycles. The lowest BCUT2D eigenvalue weighted by atomic mass is 9.99. The van der Waals surface area contributed by atoms with E-state index in [1.807, 2.05) is 0 Å². The summed E-state index contributed by atoms with van der Waals surface area (Å²) in [7, 11) is -8.55. The van der Waals surface area contributed by atoms with E-state index in [2.05, 4.69) is 20.4 Å². The van der Waals surface area contributed by atoms with Crippen LogP contribution >= 0.6 is 0 Å². The number of aromatic nitrogens is 2. The van der Waals surface area contributed by atoms with Crippen molar-refractivity contribution >= 4 is 30.7 Å². The number of pyridine rings is 1. The maximum atomic E-state index is 13.5. The molecule has 1 saturated carbocycles. The molecule has 1 unspecified atom stereocenters. The molecule has 0 saturated heterocycles. The number of nitrogens with zero attached hydrogens (tertiary/aromatic N) is 4. The van der Waals surface area contributed by atoms with Gasteiger partial charge in [-0.25, -0.2) is 27.0 Å². The molecule has 2 heterocycles. The summed E-state index contributed by atoms with van der Waals surface area (Å²) in [5.41, 5.74) is -5.52. The summed E-state index contributed by atoms with van der Waals surface area (Å²) in [5.74, 6) is -0.472. The average molecular weight is 513 g/mol. The monoisotopic (exact) mass is 512 g/mol. The predicted molar refractivity (Wildman–Crippen MR) is 117 cm³/mol. The molecule has 13 heteroatoms. The Bertz CT molecular complexity index is 1560. The van der Waals surface area contributed by atoms with Gasteiger partial charge in [-0.1, -0.05) is 6.92 Å². The molecule has 1 fully saturated rings. The quantitative estimate of drug-likeness (QED) is 0.472. The van der Waals surface area contributed by atoms with Crippen molar-refractivity contribution in [1.29, 1.82) is 5.26 Å². The van der Waals surface area contributed by atoms with Gasteiger partial charge in [-0.2, -0.15) is 18.4 Å². The Hall–Kier alpha value is -2.98. The van der Waals surface area contributed by atoms with Crippen molar-refractivity contribution in [2.24, 2.45) is 4.36 Å². The molecule has 4 rings (SSSR count). The Labute approximate surface area is 193 Å². The molecule has 0 bridgehead atoms. The van der Waals surface area contributed by atoms with Crippen molar-refractivity contribution in [3.63, 3.8) is 0 Å². The van der Waals surface area contributed by atoms with Gasteiger partial charge in [-0.15, -0.1) is 0 Å². The highest BCUT2D eigenvalue weighted by molar-refractivity contribution is 7.94. The molecule has 1 aliphatic rings. The third-order valence-electron chi connectivity index (χ3n) is 5.59. The van der Waals surface area contributed by atoms with Crippen molar-refractivity contribution < 1.29 is 30.2 Å². The van der Waals surface area contributed by atoms with Crippen molar-refractivity contribution in [3.05, 3.63) is 36.0 Å². The summed E-state index contributed by atoms with van der Waals surface area (Å²) in [6, 6.07) is 6.71. The normalized spacial score (nSPS) is 17.2. The number of rotatable bonds is 6. The molecule has 0 N–H and O–H groups in total. The van der Waals surface area contributed by atoms with Crippen molar-refractivity contribution in [2.45, 2.75) is 47.4 Å². The Morgan fingerprint density at radius 1 is 1.21 bits per heavy atom. The van der Waals surface area contributed by atoms with Crippen LogP contribution < -0.4 is 0 Å². The van der Waals surface area contributed by atoms with E-state index in [1.54, 1.807) is 0 Å². The first kappa shape index (κ1) is 24.2. The first-order chi connectivity index (χ1) is 15.9. The van der Waals surface area contributed by atoms with E-state index >= 15 is 0 Å². The van der Waals surface area contributed by atoms with Gasteiger partial charge in [0.25, 0.3) is 0 Å². The minimum Gasteiger partial charge on any atom is -0.435 e. The fraction of sp³-hybridized carbons (Fsp3) is 0.381. The number of hydrogen-bond acceptors (Lipinski definition) is 8. The van der Waals surface area contributed by atoms with Crippen LogP contribution in [0.4, 0.5) is 13.2 Å². The number of oxazole rings is 1. The second kappa shape index (κ2) is 8.06. The van der Waals surface area contributed by atoms with Gasteiger partial charge < -0.3 is 4.42 Å². The van der Waals surface area contributed by atoms with E-state index in [4.69, 9.17) is 4.42 Å². The van der Waals surface area contributed by atoms with Gasteiger partial charge in [0.15, 0.2) is 25.1 Å². The van der Waals surface area contributed by atoms with Gasteiger partial charge in [-0.05, 0) is 49.6 Å². The van der Waals surface area contributed by atoms with Crippen LogP contribution in [0.2, 0.25) is 0 Å². The summed E-state index contributed by atoms with van der Waals surface area (Å²) < 4.78 is 87.7. The molecule has 8 nitrogen and oxygen atoms in total. The van der Waals surface area contributed by atoms with Crippen LogP contribution in [0.15, 0.2) is 49.0 Å². The number of fused-ring (bicyclic) bond motifs is 1. The van der Waals surface area contributed by atoms with Crippen molar-refractivity contribution in [3.8, 4) is 17.7 Å². The fourth-order valence-corrected chi connectivity index (χ4v) is 6.00. The van der Waals surface area contributed by atoms with Gasteiger partial charge in [0.2, 0.25) is 5.89 Å². The SMILES string of the molecule is CCN=S(=O)(c1ccc2oc(-c3ncc(C4(C#N)CC4)cc3S(=O)(=O)CC)nc2c1)C(F)(F)F. The van der Waals surface area contributed by atoms with Crippen LogP contribution in [0, 0.1) is 11.3 Å². The molecule has 3 aromatic rings. The molecule has 1 aliphatic carbocycles. The van der Waals surface area contributed by atoms with E-state index in [9.17, 15) is 31.1 Å². The summed E-state index contributed by atoms with van der Waals surface area (Å²) >= 11 is 0. The van der Waals surface area contributed by atoms with Crippen LogP contribution in [-0.4, -0.2) is 40.4 Å². The lowest BCUT2D eigenvalue weighted by Crippen LogP contribution is -2.23. The van der Waals surface area contributed by atoms with Crippen LogP contribution in [0.25, 0.3) is 22.7 Å². The molecular formula is C21H19F3N4O4S2. The first-order valence-corrected chi connectivity index (χ1v) is 13.4. The largest absolute Gasteiger partial charge is 0.483 e. The first-order valence-electron chi connectivity index (χ1n) is 10.3. The van der Waals surface area contributed by atoms with Gasteiger partial charge in [-0.3, -0.25) is 0 Å². The Morgan fingerprint density at radius 2 is 1.91 bits per heavy atom. The number of nitriles is 1. The van der Waals surface area contributed by atoms with Gasteiger partial charge in [0, 0.05) is 12.7 Å². The molecule has 1 atom stereocenters. The standard InChI is InChI=1S/C21H19F3N4O4S2/c1-3-27-34(31,21(22,23)24)14-5-6-16-15(10-14)28-19(32-16)18-17(33(29,30)4-2)9-13(11-26-18)20(12-25)7-8-20/h5-6,9-11H,3-4,7-8H2,1-2H3. The molecule has 1 aromatic carbocycles. The zero-order chi connectivity index (χ0) is 24.9. The highest BCUT2D eigenvalue weighted by atomic mass is 32.2. The predicted octanol–water partition coefficient (Wildman–Crippen LogP) is 4.61. The molecule has 0 spiro atoms. The topological polar surface area (TPSA) is 126 Å². The van der Waals surface area contributed by atoms with Crippen molar-refractivity contribution in [2.75, 3.05) is 12.3 Å². The highest BCUT2D eigenvalue weighted by Crippen LogP contribution is 2.48. The fourth-order valence-electron chi connectivity index (χ4n) is 3.49. The maximum absolute atomic E-state index is 13.5.